The van der Waals surface area contributed by atoms with Crippen LogP contribution < -0.4 is 11.1 Å². The molecule has 94 valence electrons. The quantitative estimate of drug-likeness (QED) is 0.865. The molecule has 0 atom stereocenters. The molecule has 4 nitrogen and oxygen atoms in total. The van der Waals surface area contributed by atoms with E-state index in [0.29, 0.717) is 24.5 Å². The van der Waals surface area contributed by atoms with Crippen LogP contribution in [0.4, 0.5) is 10.1 Å². The second kappa shape index (κ2) is 5.55. The summed E-state index contributed by atoms with van der Waals surface area (Å²) in [4.78, 5) is 8.47. The maximum Gasteiger partial charge on any atom is 0.162 e. The number of hydrogen-bond acceptors (Lipinski definition) is 4. The summed E-state index contributed by atoms with van der Waals surface area (Å²) in [5.74, 6) is 0.0727. The van der Waals surface area contributed by atoms with Crippen LogP contribution >= 0.6 is 0 Å². The highest BCUT2D eigenvalue weighted by molar-refractivity contribution is 5.58. The Labute approximate surface area is 105 Å². The average molecular weight is 246 g/mol. The largest absolute Gasteiger partial charge is 0.381 e. The zero-order chi connectivity index (χ0) is 13.0. The van der Waals surface area contributed by atoms with Gasteiger partial charge in [-0.2, -0.15) is 0 Å². The maximum atomic E-state index is 13.6. The summed E-state index contributed by atoms with van der Waals surface area (Å²) in [6.45, 7) is 3.04. The lowest BCUT2D eigenvalue weighted by molar-refractivity contribution is 0.630. The summed E-state index contributed by atoms with van der Waals surface area (Å²) in [7, 11) is 0. The molecule has 2 aromatic rings. The van der Waals surface area contributed by atoms with Gasteiger partial charge in [-0.1, -0.05) is 12.1 Å². The molecule has 0 spiro atoms. The second-order valence-corrected chi connectivity index (χ2v) is 3.89. The molecule has 0 saturated heterocycles. The molecule has 0 radical (unpaired) electrons. The third kappa shape index (κ3) is 2.62. The zero-order valence-corrected chi connectivity index (χ0v) is 10.2. The third-order valence-corrected chi connectivity index (χ3v) is 2.55. The van der Waals surface area contributed by atoms with Gasteiger partial charge in [-0.15, -0.1) is 0 Å². The molecule has 0 aliphatic heterocycles. The molecule has 0 amide bonds. The molecule has 1 aromatic heterocycles. The molecular formula is C13H15FN4. The Morgan fingerprint density at radius 2 is 2.11 bits per heavy atom. The number of anilines is 1. The standard InChI is InChI=1S/C13H15FN4/c1-9-12(16-7-6-15)8-17-13(18-9)10-4-2-3-5-11(10)14/h2-5,8,16H,6-7,15H2,1H3. The van der Waals surface area contributed by atoms with Crippen LogP contribution in [0.2, 0.25) is 0 Å². The normalized spacial score (nSPS) is 10.4. The Morgan fingerprint density at radius 3 is 2.78 bits per heavy atom. The van der Waals surface area contributed by atoms with Gasteiger partial charge in [0.25, 0.3) is 0 Å². The fourth-order valence-corrected chi connectivity index (χ4v) is 1.62. The van der Waals surface area contributed by atoms with Crippen molar-refractivity contribution >= 4 is 5.69 Å². The van der Waals surface area contributed by atoms with Gasteiger partial charge in [-0.3, -0.25) is 0 Å². The molecule has 1 heterocycles. The van der Waals surface area contributed by atoms with Gasteiger partial charge >= 0.3 is 0 Å². The first-order chi connectivity index (χ1) is 8.72. The van der Waals surface area contributed by atoms with Gasteiger partial charge in [-0.05, 0) is 19.1 Å². The van der Waals surface area contributed by atoms with E-state index < -0.39 is 0 Å². The number of nitrogens with one attached hydrogen (secondary N) is 1. The average Bonchev–Trinajstić information content (AvgIpc) is 2.38. The lowest BCUT2D eigenvalue weighted by atomic mass is 10.2. The minimum Gasteiger partial charge on any atom is -0.381 e. The van der Waals surface area contributed by atoms with E-state index in [9.17, 15) is 4.39 Å². The van der Waals surface area contributed by atoms with Gasteiger partial charge in [-0.25, -0.2) is 14.4 Å². The number of hydrogen-bond donors (Lipinski definition) is 2. The van der Waals surface area contributed by atoms with Crippen LogP contribution in [0, 0.1) is 12.7 Å². The van der Waals surface area contributed by atoms with Gasteiger partial charge in [0.2, 0.25) is 0 Å². The summed E-state index contributed by atoms with van der Waals surface area (Å²) in [5, 5.41) is 3.11. The predicted octanol–water partition coefficient (Wildman–Crippen LogP) is 1.96. The van der Waals surface area contributed by atoms with Crippen molar-refractivity contribution < 1.29 is 4.39 Å². The first-order valence-electron chi connectivity index (χ1n) is 5.75. The highest BCUT2D eigenvalue weighted by atomic mass is 19.1. The molecular weight excluding hydrogens is 231 g/mol. The van der Waals surface area contributed by atoms with Crippen LogP contribution in [-0.4, -0.2) is 23.1 Å². The minimum absolute atomic E-state index is 0.320. The van der Waals surface area contributed by atoms with Gasteiger partial charge in [0.1, 0.15) is 5.82 Å². The van der Waals surface area contributed by atoms with Gasteiger partial charge < -0.3 is 11.1 Å². The molecule has 2 rings (SSSR count). The van der Waals surface area contributed by atoms with E-state index >= 15 is 0 Å². The Balaban J connectivity index is 2.32. The summed E-state index contributed by atoms with van der Waals surface area (Å²) in [6.07, 6.45) is 1.65. The Bertz CT molecular complexity index is 542. The molecule has 0 unspecified atom stereocenters. The van der Waals surface area contributed by atoms with Crippen molar-refractivity contribution in [2.75, 3.05) is 18.4 Å². The fraction of sp³-hybridized carbons (Fsp3) is 0.231. The molecule has 18 heavy (non-hydrogen) atoms. The van der Waals surface area contributed by atoms with Gasteiger partial charge in [0, 0.05) is 13.1 Å². The van der Waals surface area contributed by atoms with Crippen LogP contribution in [0.5, 0.6) is 0 Å². The number of aryl methyl sites for hydroxylation is 1. The van der Waals surface area contributed by atoms with Crippen molar-refractivity contribution in [2.24, 2.45) is 5.73 Å². The van der Waals surface area contributed by atoms with E-state index in [1.165, 1.54) is 6.07 Å². The maximum absolute atomic E-state index is 13.6. The summed E-state index contributed by atoms with van der Waals surface area (Å²) >= 11 is 0. The third-order valence-electron chi connectivity index (χ3n) is 2.55. The van der Waals surface area contributed by atoms with Crippen molar-refractivity contribution in [3.8, 4) is 11.4 Å². The van der Waals surface area contributed by atoms with E-state index in [2.05, 4.69) is 15.3 Å². The van der Waals surface area contributed by atoms with Crippen molar-refractivity contribution in [1.29, 1.82) is 0 Å². The first kappa shape index (κ1) is 12.4. The molecule has 1 aromatic carbocycles. The molecule has 0 bridgehead atoms. The van der Waals surface area contributed by atoms with Gasteiger partial charge in [0.15, 0.2) is 5.82 Å². The lowest BCUT2D eigenvalue weighted by Gasteiger charge is -2.09. The van der Waals surface area contributed by atoms with Crippen molar-refractivity contribution in [1.82, 2.24) is 9.97 Å². The topological polar surface area (TPSA) is 63.8 Å². The summed E-state index contributed by atoms with van der Waals surface area (Å²) < 4.78 is 13.6. The van der Waals surface area contributed by atoms with Crippen LogP contribution in [-0.2, 0) is 0 Å². The second-order valence-electron chi connectivity index (χ2n) is 3.89. The number of benzene rings is 1. The molecule has 3 N–H and O–H groups in total. The number of aromatic nitrogens is 2. The SMILES string of the molecule is Cc1nc(-c2ccccc2F)ncc1NCCN. The number of halogens is 1. The number of rotatable bonds is 4. The van der Waals surface area contributed by atoms with E-state index in [4.69, 9.17) is 5.73 Å². The van der Waals surface area contributed by atoms with E-state index in [-0.39, 0.29) is 5.82 Å². The van der Waals surface area contributed by atoms with Crippen molar-refractivity contribution in [3.63, 3.8) is 0 Å². The lowest BCUT2D eigenvalue weighted by Crippen LogP contribution is -2.14. The summed E-state index contributed by atoms with van der Waals surface area (Å²) in [6, 6.07) is 6.46. The first-order valence-corrected chi connectivity index (χ1v) is 5.75. The van der Waals surface area contributed by atoms with Crippen LogP contribution in [0.25, 0.3) is 11.4 Å². The monoisotopic (exact) mass is 246 g/mol. The van der Waals surface area contributed by atoms with E-state index in [0.717, 1.165) is 11.4 Å². The number of nitrogens with zero attached hydrogens (tertiary/aromatic N) is 2. The molecule has 5 heteroatoms. The summed E-state index contributed by atoms with van der Waals surface area (Å²) in [5.41, 5.74) is 7.42. The van der Waals surface area contributed by atoms with E-state index in [1.54, 1.807) is 24.4 Å². The minimum atomic E-state index is -0.320. The predicted molar refractivity (Wildman–Crippen MR) is 69.7 cm³/mol. The van der Waals surface area contributed by atoms with Crippen LogP contribution in [0.3, 0.4) is 0 Å². The number of nitrogens with two attached hydrogens (primary N) is 1. The Hall–Kier alpha value is -2.01. The Morgan fingerprint density at radius 1 is 1.33 bits per heavy atom. The van der Waals surface area contributed by atoms with E-state index in [1.807, 2.05) is 6.92 Å². The molecule has 0 aliphatic rings. The molecule has 0 fully saturated rings. The Kier molecular flexibility index (Phi) is 3.84. The smallest absolute Gasteiger partial charge is 0.162 e. The van der Waals surface area contributed by atoms with Crippen LogP contribution in [0.1, 0.15) is 5.69 Å². The highest BCUT2D eigenvalue weighted by Crippen LogP contribution is 2.20. The molecule has 0 saturated carbocycles. The van der Waals surface area contributed by atoms with Crippen molar-refractivity contribution in [2.45, 2.75) is 6.92 Å². The fourth-order valence-electron chi connectivity index (χ4n) is 1.62. The highest BCUT2D eigenvalue weighted by Gasteiger charge is 2.08. The van der Waals surface area contributed by atoms with Crippen LogP contribution in [0.15, 0.2) is 30.5 Å². The van der Waals surface area contributed by atoms with Crippen molar-refractivity contribution in [3.05, 3.63) is 42.0 Å². The zero-order valence-electron chi connectivity index (χ0n) is 10.2. The molecule has 0 aliphatic carbocycles. The van der Waals surface area contributed by atoms with Gasteiger partial charge in [0.05, 0.1) is 23.1 Å².